The third-order valence-corrected chi connectivity index (χ3v) is 7.59. The molecule has 2 bridgehead atoms. The van der Waals surface area contributed by atoms with Gasteiger partial charge >= 0.3 is 12.0 Å². The van der Waals surface area contributed by atoms with Crippen molar-refractivity contribution in [2.45, 2.75) is 44.5 Å². The zero-order chi connectivity index (χ0) is 27.4. The molecule has 2 amide bonds. The second kappa shape index (κ2) is 11.6. The van der Waals surface area contributed by atoms with Gasteiger partial charge in [0.25, 0.3) is 0 Å². The molecule has 2 aliphatic rings. The van der Waals surface area contributed by atoms with Crippen LogP contribution in [0.15, 0.2) is 84.4 Å². The fourth-order valence-corrected chi connectivity index (χ4v) is 5.54. The number of benzene rings is 3. The number of rotatable bonds is 8. The van der Waals surface area contributed by atoms with E-state index in [-0.39, 0.29) is 24.1 Å². The van der Waals surface area contributed by atoms with E-state index < -0.39 is 0 Å². The van der Waals surface area contributed by atoms with Crippen LogP contribution < -0.4 is 15.0 Å². The first kappa shape index (κ1) is 26.4. The molecule has 1 N–H and O–H groups in total. The number of nitrogens with one attached hydrogen (secondary N) is 1. The Morgan fingerprint density at radius 3 is 2.31 bits per heavy atom. The van der Waals surface area contributed by atoms with Crippen molar-refractivity contribution in [3.8, 4) is 5.75 Å². The summed E-state index contributed by atoms with van der Waals surface area (Å²) >= 11 is 0. The monoisotopic (exact) mass is 525 g/mol. The highest BCUT2D eigenvalue weighted by molar-refractivity contribution is 6.01. The van der Waals surface area contributed by atoms with Gasteiger partial charge in [0.1, 0.15) is 12.4 Å². The van der Waals surface area contributed by atoms with Crippen LogP contribution in [0.5, 0.6) is 5.75 Å². The molecule has 7 nitrogen and oxygen atoms in total. The average molecular weight is 526 g/mol. The molecule has 0 spiro atoms. The van der Waals surface area contributed by atoms with E-state index >= 15 is 0 Å². The molecule has 2 atom stereocenters. The number of carbonyl (C=O) groups is 2. The largest absolute Gasteiger partial charge is 0.489 e. The van der Waals surface area contributed by atoms with Crippen molar-refractivity contribution in [2.75, 3.05) is 26.1 Å². The van der Waals surface area contributed by atoms with E-state index in [9.17, 15) is 9.59 Å². The summed E-state index contributed by atoms with van der Waals surface area (Å²) in [5.74, 6) is 0.387. The zero-order valence-corrected chi connectivity index (χ0v) is 22.7. The second-order valence-electron chi connectivity index (χ2n) is 10.3. The Balaban J connectivity index is 1.31. The highest BCUT2D eigenvalue weighted by Gasteiger charge is 2.46. The molecule has 202 valence electrons. The molecular formula is C32H35N3O4. The molecule has 0 radical (unpaired) electrons. The van der Waals surface area contributed by atoms with Crippen LogP contribution in [-0.4, -0.2) is 50.2 Å². The van der Waals surface area contributed by atoms with Gasteiger partial charge in [-0.15, -0.1) is 0 Å². The Hall–Kier alpha value is -4.26. The number of hydrogen-bond acceptors (Lipinski definition) is 5. The van der Waals surface area contributed by atoms with Gasteiger partial charge in [-0.3, -0.25) is 0 Å². The molecule has 0 saturated carbocycles. The Labute approximate surface area is 230 Å². The van der Waals surface area contributed by atoms with Gasteiger partial charge in [0.05, 0.1) is 18.7 Å². The second-order valence-corrected chi connectivity index (χ2v) is 10.3. The lowest BCUT2D eigenvalue weighted by atomic mass is 9.88. The smallest absolute Gasteiger partial charge is 0.336 e. The van der Waals surface area contributed by atoms with Crippen molar-refractivity contribution in [1.29, 1.82) is 0 Å². The van der Waals surface area contributed by atoms with Gasteiger partial charge in [-0.2, -0.15) is 0 Å². The third kappa shape index (κ3) is 5.77. The number of urea groups is 1. The fraction of sp³-hybridized carbons (Fsp3) is 0.312. The number of methoxy groups -OCH3 is 1. The van der Waals surface area contributed by atoms with Gasteiger partial charge in [-0.25, -0.2) is 9.59 Å². The molecular weight excluding hydrogens is 490 g/mol. The minimum Gasteiger partial charge on any atom is -0.489 e. The van der Waals surface area contributed by atoms with Crippen LogP contribution >= 0.6 is 0 Å². The van der Waals surface area contributed by atoms with E-state index in [0.29, 0.717) is 25.1 Å². The van der Waals surface area contributed by atoms with Gasteiger partial charge in [-0.1, -0.05) is 54.6 Å². The van der Waals surface area contributed by atoms with Crippen molar-refractivity contribution < 1.29 is 19.1 Å². The molecule has 0 aromatic heterocycles. The van der Waals surface area contributed by atoms with Crippen molar-refractivity contribution in [2.24, 2.45) is 0 Å². The highest BCUT2D eigenvalue weighted by atomic mass is 16.5. The van der Waals surface area contributed by atoms with E-state index in [2.05, 4.69) is 5.32 Å². The number of fused-ring (bicyclic) bond motifs is 2. The summed E-state index contributed by atoms with van der Waals surface area (Å²) in [6.07, 6.45) is 2.19. The maximum Gasteiger partial charge on any atom is 0.336 e. The lowest BCUT2D eigenvalue weighted by Crippen LogP contribution is -2.50. The normalized spacial score (nSPS) is 18.1. The molecule has 39 heavy (non-hydrogen) atoms. The number of anilines is 1. The Morgan fingerprint density at radius 1 is 0.923 bits per heavy atom. The summed E-state index contributed by atoms with van der Waals surface area (Å²) in [6.45, 7) is 0.918. The molecule has 3 aromatic carbocycles. The first-order valence-electron chi connectivity index (χ1n) is 13.4. The quantitative estimate of drug-likeness (QED) is 0.399. The summed E-state index contributed by atoms with van der Waals surface area (Å²) in [7, 11) is 5.39. The van der Waals surface area contributed by atoms with E-state index in [1.54, 1.807) is 0 Å². The summed E-state index contributed by atoms with van der Waals surface area (Å²) in [6, 6.07) is 25.6. The summed E-state index contributed by atoms with van der Waals surface area (Å²) in [4.78, 5) is 30.3. The van der Waals surface area contributed by atoms with Gasteiger partial charge in [0.15, 0.2) is 0 Å². The van der Waals surface area contributed by atoms with Crippen LogP contribution in [0.1, 0.15) is 36.0 Å². The Kier molecular flexibility index (Phi) is 7.87. The van der Waals surface area contributed by atoms with E-state index in [1.165, 1.54) is 7.11 Å². The third-order valence-electron chi connectivity index (χ3n) is 7.59. The van der Waals surface area contributed by atoms with Crippen LogP contribution in [0.3, 0.4) is 0 Å². The van der Waals surface area contributed by atoms with Gasteiger partial charge < -0.3 is 24.6 Å². The van der Waals surface area contributed by atoms with E-state index in [1.807, 2.05) is 103 Å². The topological polar surface area (TPSA) is 71.1 Å². The molecule has 2 heterocycles. The van der Waals surface area contributed by atoms with Gasteiger partial charge in [0, 0.05) is 32.4 Å². The van der Waals surface area contributed by atoms with Crippen LogP contribution in [-0.2, 0) is 22.7 Å². The van der Waals surface area contributed by atoms with Crippen molar-refractivity contribution in [3.05, 3.63) is 101 Å². The molecule has 3 aromatic rings. The molecule has 2 aliphatic heterocycles. The predicted molar refractivity (Wildman–Crippen MR) is 152 cm³/mol. The Morgan fingerprint density at radius 2 is 1.64 bits per heavy atom. The summed E-state index contributed by atoms with van der Waals surface area (Å²) in [5.41, 5.74) is 5.72. The first-order valence-corrected chi connectivity index (χ1v) is 13.4. The van der Waals surface area contributed by atoms with Gasteiger partial charge in [0.2, 0.25) is 0 Å². The van der Waals surface area contributed by atoms with Crippen LogP contribution in [0.4, 0.5) is 10.5 Å². The molecule has 0 unspecified atom stereocenters. The Bertz CT molecular complexity index is 1330. The fourth-order valence-electron chi connectivity index (χ4n) is 5.54. The lowest BCUT2D eigenvalue weighted by molar-refractivity contribution is -0.136. The summed E-state index contributed by atoms with van der Waals surface area (Å²) < 4.78 is 11.2. The molecule has 1 saturated heterocycles. The average Bonchev–Trinajstić information content (AvgIpc) is 3.28. The number of nitrogens with zero attached hydrogens (tertiary/aromatic N) is 2. The molecule has 5 rings (SSSR count). The zero-order valence-electron chi connectivity index (χ0n) is 22.7. The van der Waals surface area contributed by atoms with E-state index in [4.69, 9.17) is 9.47 Å². The van der Waals surface area contributed by atoms with Crippen LogP contribution in [0, 0.1) is 0 Å². The summed E-state index contributed by atoms with van der Waals surface area (Å²) in [5, 5.41) is 3.07. The predicted octanol–water partition coefficient (Wildman–Crippen LogP) is 5.40. The van der Waals surface area contributed by atoms with Crippen LogP contribution in [0.2, 0.25) is 0 Å². The number of hydrogen-bond donors (Lipinski definition) is 1. The minimum atomic E-state index is -0.378. The molecule has 7 heteroatoms. The highest BCUT2D eigenvalue weighted by Crippen LogP contribution is 2.43. The molecule has 0 aliphatic carbocycles. The van der Waals surface area contributed by atoms with Crippen molar-refractivity contribution in [3.63, 3.8) is 0 Å². The number of carbonyl (C=O) groups excluding carboxylic acids is 2. The minimum absolute atomic E-state index is 0.0310. The van der Waals surface area contributed by atoms with E-state index in [0.717, 1.165) is 46.5 Å². The SMILES string of the molecule is COC(=O)C1=C(c2ccc(OCc3ccccc3)cc2)C[C@@H]2CC[C@H]1N2C(=O)NCc1ccc(N(C)C)cc1. The van der Waals surface area contributed by atoms with Crippen molar-refractivity contribution in [1.82, 2.24) is 10.2 Å². The first-order chi connectivity index (χ1) is 18.9. The lowest BCUT2D eigenvalue weighted by Gasteiger charge is -2.37. The standard InChI is InChI=1S/C32H35N3O4/c1-34(2)25-13-9-22(10-14-25)20-33-32(37)35-26-15-18-29(35)30(31(36)38-3)28(19-26)24-11-16-27(17-12-24)39-21-23-7-5-4-6-8-23/h4-14,16-17,26,29H,15,18-21H2,1-3H3,(H,33,37)/t26-,29+/m0/s1. The molecule has 1 fully saturated rings. The van der Waals surface area contributed by atoms with Crippen LogP contribution in [0.25, 0.3) is 5.57 Å². The maximum atomic E-state index is 13.4. The maximum absolute atomic E-state index is 13.4. The van der Waals surface area contributed by atoms with Crippen molar-refractivity contribution >= 4 is 23.3 Å². The van der Waals surface area contributed by atoms with Gasteiger partial charge in [-0.05, 0) is 65.8 Å². The number of amides is 2. The number of ether oxygens (including phenoxy) is 2. The number of esters is 1.